The number of esters is 1. The topological polar surface area (TPSA) is 63.6 Å². The van der Waals surface area contributed by atoms with Crippen LogP contribution in [0.2, 0.25) is 0 Å². The first-order chi connectivity index (χ1) is 11.9. The largest absolute Gasteiger partial charge is 0.462 e. The van der Waals surface area contributed by atoms with Crippen LogP contribution in [0, 0.1) is 34.5 Å². The Hall–Kier alpha value is -1.16. The Morgan fingerprint density at radius 2 is 1.96 bits per heavy atom. The summed E-state index contributed by atoms with van der Waals surface area (Å²) >= 11 is 0. The van der Waals surface area contributed by atoms with E-state index < -0.39 is 11.5 Å². The molecule has 25 heavy (non-hydrogen) atoms. The Kier molecular flexibility index (Phi) is 3.19. The van der Waals surface area contributed by atoms with Crippen LogP contribution >= 0.6 is 0 Å². The molecular formula is C21H28O4. The van der Waals surface area contributed by atoms with Gasteiger partial charge in [-0.1, -0.05) is 12.5 Å². The van der Waals surface area contributed by atoms with E-state index in [1.165, 1.54) is 5.57 Å². The van der Waals surface area contributed by atoms with Crippen molar-refractivity contribution in [2.24, 2.45) is 34.5 Å². The maximum Gasteiger partial charge on any atom is 0.313 e. The number of carbonyl (C=O) groups excluding carboxylic acids is 2. The summed E-state index contributed by atoms with van der Waals surface area (Å²) < 4.78 is 5.63. The normalized spacial score (nSPS) is 54.1. The molecule has 0 amide bonds. The molecule has 0 aromatic rings. The summed E-state index contributed by atoms with van der Waals surface area (Å²) in [6.45, 7) is 4.29. The van der Waals surface area contributed by atoms with Gasteiger partial charge in [0.05, 0.1) is 11.5 Å². The minimum Gasteiger partial charge on any atom is -0.462 e. The van der Waals surface area contributed by atoms with Gasteiger partial charge in [0.25, 0.3) is 0 Å². The van der Waals surface area contributed by atoms with E-state index in [0.29, 0.717) is 18.3 Å². The third-order valence-corrected chi connectivity index (χ3v) is 8.77. The second-order valence-corrected chi connectivity index (χ2v) is 9.49. The van der Waals surface area contributed by atoms with Crippen molar-refractivity contribution in [1.82, 2.24) is 0 Å². The highest BCUT2D eigenvalue weighted by Gasteiger charge is 2.71. The van der Waals surface area contributed by atoms with E-state index in [2.05, 4.69) is 6.92 Å². The fourth-order valence-electron chi connectivity index (χ4n) is 7.75. The Morgan fingerprint density at radius 1 is 1.16 bits per heavy atom. The molecule has 8 atom stereocenters. The number of fused-ring (bicyclic) bond motifs is 4. The summed E-state index contributed by atoms with van der Waals surface area (Å²) in [4.78, 5) is 24.8. The van der Waals surface area contributed by atoms with Crippen LogP contribution in [0.5, 0.6) is 0 Å². The molecule has 1 spiro atoms. The summed E-state index contributed by atoms with van der Waals surface area (Å²) in [5.41, 5.74) is 1.01. The first-order valence-electron chi connectivity index (χ1n) is 10.0. The first kappa shape index (κ1) is 16.0. The molecule has 1 aliphatic heterocycles. The minimum absolute atomic E-state index is 0.0244. The van der Waals surface area contributed by atoms with Gasteiger partial charge >= 0.3 is 5.97 Å². The number of hydrogen-bond acceptors (Lipinski definition) is 4. The smallest absolute Gasteiger partial charge is 0.313 e. The molecule has 5 aliphatic rings. The number of cyclic esters (lactones) is 1. The van der Waals surface area contributed by atoms with Crippen LogP contribution < -0.4 is 0 Å². The molecule has 4 fully saturated rings. The monoisotopic (exact) mass is 344 g/mol. The molecule has 0 aromatic carbocycles. The molecule has 4 aliphatic carbocycles. The van der Waals surface area contributed by atoms with E-state index in [1.807, 2.05) is 13.0 Å². The maximum absolute atomic E-state index is 12.9. The van der Waals surface area contributed by atoms with Gasteiger partial charge in [-0.05, 0) is 74.7 Å². The van der Waals surface area contributed by atoms with Gasteiger partial charge in [-0.3, -0.25) is 9.59 Å². The van der Waals surface area contributed by atoms with Gasteiger partial charge in [-0.25, -0.2) is 0 Å². The highest BCUT2D eigenvalue weighted by Crippen LogP contribution is 2.69. The molecule has 136 valence electrons. The van der Waals surface area contributed by atoms with E-state index in [4.69, 9.17) is 4.74 Å². The van der Waals surface area contributed by atoms with Crippen LogP contribution in [0.25, 0.3) is 0 Å². The minimum atomic E-state index is -0.442. The standard InChI is InChI=1S/C21H28O4/c1-11-18-17(23)10-16-14-4-3-12-9-13(22)5-7-20(12,2)15(14)6-8-21(16,18)19(24)25-11/h9,11,14-18,23H,3-8,10H2,1-2H3/t11-,14+,15-,16-,17+,18-,20-,21+/m0/s1. The third kappa shape index (κ3) is 1.82. The predicted molar refractivity (Wildman–Crippen MR) is 91.5 cm³/mol. The molecule has 0 radical (unpaired) electrons. The highest BCUT2D eigenvalue weighted by atomic mass is 16.6. The second-order valence-electron chi connectivity index (χ2n) is 9.49. The number of ether oxygens (including phenoxy) is 1. The van der Waals surface area contributed by atoms with Gasteiger partial charge in [0.2, 0.25) is 0 Å². The number of ketones is 1. The van der Waals surface area contributed by atoms with Crippen LogP contribution in [-0.4, -0.2) is 29.1 Å². The Bertz CT molecular complexity index is 681. The average Bonchev–Trinajstić information content (AvgIpc) is 3.01. The van der Waals surface area contributed by atoms with Crippen molar-refractivity contribution in [1.29, 1.82) is 0 Å². The van der Waals surface area contributed by atoms with Crippen molar-refractivity contribution in [2.75, 3.05) is 0 Å². The van der Waals surface area contributed by atoms with Crippen molar-refractivity contribution >= 4 is 11.8 Å². The maximum atomic E-state index is 12.9. The van der Waals surface area contributed by atoms with Gasteiger partial charge < -0.3 is 9.84 Å². The molecule has 5 rings (SSSR count). The SMILES string of the molecule is C[C@@H]1OC(=O)[C@]23CC[C@H]4[C@@H](CCC5=CC(=O)CC[C@@]54C)[C@@H]2C[C@@H](O)[C@H]13. The van der Waals surface area contributed by atoms with E-state index >= 15 is 0 Å². The number of hydrogen-bond donors (Lipinski definition) is 1. The van der Waals surface area contributed by atoms with Crippen LogP contribution in [0.4, 0.5) is 0 Å². The molecule has 0 bridgehead atoms. The van der Waals surface area contributed by atoms with Crippen molar-refractivity contribution in [3.05, 3.63) is 11.6 Å². The number of carbonyl (C=O) groups is 2. The molecule has 1 saturated heterocycles. The quantitative estimate of drug-likeness (QED) is 0.686. The zero-order valence-corrected chi connectivity index (χ0v) is 15.2. The van der Waals surface area contributed by atoms with Gasteiger partial charge in [0, 0.05) is 12.3 Å². The first-order valence-corrected chi connectivity index (χ1v) is 10.0. The van der Waals surface area contributed by atoms with E-state index in [-0.39, 0.29) is 35.1 Å². The molecule has 3 saturated carbocycles. The lowest BCUT2D eigenvalue weighted by Gasteiger charge is -2.56. The number of rotatable bonds is 0. The average molecular weight is 344 g/mol. The lowest BCUT2D eigenvalue weighted by molar-refractivity contribution is -0.157. The molecular weight excluding hydrogens is 316 g/mol. The molecule has 0 aromatic heterocycles. The van der Waals surface area contributed by atoms with E-state index in [9.17, 15) is 14.7 Å². The zero-order valence-electron chi connectivity index (χ0n) is 15.2. The second kappa shape index (κ2) is 4.97. The van der Waals surface area contributed by atoms with Crippen molar-refractivity contribution in [3.8, 4) is 0 Å². The lowest BCUT2D eigenvalue weighted by Crippen LogP contribution is -2.52. The van der Waals surface area contributed by atoms with Crippen molar-refractivity contribution in [3.63, 3.8) is 0 Å². The predicted octanol–water partition coefficient (Wildman–Crippen LogP) is 3.03. The summed E-state index contributed by atoms with van der Waals surface area (Å²) in [6, 6.07) is 0. The van der Waals surface area contributed by atoms with Crippen LogP contribution in [0.3, 0.4) is 0 Å². The number of aliphatic hydroxyl groups is 1. The summed E-state index contributed by atoms with van der Waals surface area (Å²) in [5.74, 6) is 1.47. The molecule has 0 unspecified atom stereocenters. The van der Waals surface area contributed by atoms with Gasteiger partial charge in [-0.2, -0.15) is 0 Å². The summed E-state index contributed by atoms with van der Waals surface area (Å²) in [6.07, 6.45) is 7.59. The summed E-state index contributed by atoms with van der Waals surface area (Å²) in [7, 11) is 0. The Balaban J connectivity index is 1.55. The lowest BCUT2D eigenvalue weighted by atomic mass is 9.46. The van der Waals surface area contributed by atoms with E-state index in [1.54, 1.807) is 0 Å². The zero-order chi connectivity index (χ0) is 17.6. The fourth-order valence-corrected chi connectivity index (χ4v) is 7.75. The van der Waals surface area contributed by atoms with Crippen molar-refractivity contribution in [2.45, 2.75) is 71.0 Å². The molecule has 1 N–H and O–H groups in total. The van der Waals surface area contributed by atoms with Crippen LogP contribution in [-0.2, 0) is 14.3 Å². The van der Waals surface area contributed by atoms with Gasteiger partial charge in [0.1, 0.15) is 6.10 Å². The van der Waals surface area contributed by atoms with Gasteiger partial charge in [0.15, 0.2) is 5.78 Å². The van der Waals surface area contributed by atoms with Crippen LogP contribution in [0.15, 0.2) is 11.6 Å². The Morgan fingerprint density at radius 3 is 2.76 bits per heavy atom. The molecule has 4 nitrogen and oxygen atoms in total. The molecule has 1 heterocycles. The van der Waals surface area contributed by atoms with E-state index in [0.717, 1.165) is 38.5 Å². The Labute approximate surface area is 149 Å². The molecule has 4 heteroatoms. The summed E-state index contributed by atoms with van der Waals surface area (Å²) in [5, 5.41) is 10.7. The van der Waals surface area contributed by atoms with Crippen molar-refractivity contribution < 1.29 is 19.4 Å². The number of allylic oxidation sites excluding steroid dienone is 1. The third-order valence-electron chi connectivity index (χ3n) is 8.77. The fraction of sp³-hybridized carbons (Fsp3) is 0.810. The highest BCUT2D eigenvalue weighted by molar-refractivity contribution is 5.91. The number of aliphatic hydroxyl groups excluding tert-OH is 1. The van der Waals surface area contributed by atoms with Crippen LogP contribution in [0.1, 0.15) is 58.8 Å². The van der Waals surface area contributed by atoms with Gasteiger partial charge in [-0.15, -0.1) is 0 Å².